The van der Waals surface area contributed by atoms with E-state index in [9.17, 15) is 4.79 Å². The Kier molecular flexibility index (Phi) is 3.02. The van der Waals surface area contributed by atoms with Crippen LogP contribution in [0.15, 0.2) is 21.6 Å². The molecule has 2 N–H and O–H groups in total. The third-order valence-electron chi connectivity index (χ3n) is 2.51. The number of thioether (sulfide) groups is 1. The number of amides is 1. The molecule has 5 heteroatoms. The van der Waals surface area contributed by atoms with Crippen LogP contribution < -0.4 is 5.73 Å². The maximum Gasteiger partial charge on any atom is 0.289 e. The number of carbonyl (C=O) groups is 1. The Morgan fingerprint density at radius 3 is 3.00 bits per heavy atom. The Morgan fingerprint density at radius 1 is 1.67 bits per heavy atom. The average Bonchev–Trinajstić information content (AvgIpc) is 2.84. The van der Waals surface area contributed by atoms with Crippen LogP contribution in [-0.2, 0) is 0 Å². The first-order valence-electron chi connectivity index (χ1n) is 4.89. The topological polar surface area (TPSA) is 59.5 Å². The van der Waals surface area contributed by atoms with Gasteiger partial charge in [0.2, 0.25) is 0 Å². The summed E-state index contributed by atoms with van der Waals surface area (Å²) in [5, 5.41) is 0.766. The summed E-state index contributed by atoms with van der Waals surface area (Å²) in [6.45, 7) is 1.36. The molecule has 1 saturated heterocycles. The van der Waals surface area contributed by atoms with E-state index in [0.29, 0.717) is 12.3 Å². The van der Waals surface area contributed by atoms with Gasteiger partial charge in [-0.3, -0.25) is 4.79 Å². The summed E-state index contributed by atoms with van der Waals surface area (Å²) in [5.74, 6) is 0.358. The van der Waals surface area contributed by atoms with Gasteiger partial charge in [0.25, 0.3) is 5.91 Å². The minimum Gasteiger partial charge on any atom is -0.445 e. The van der Waals surface area contributed by atoms with Crippen LogP contribution in [0, 0.1) is 0 Å². The lowest BCUT2D eigenvalue weighted by Gasteiger charge is -2.13. The summed E-state index contributed by atoms with van der Waals surface area (Å²) in [7, 11) is 0. The van der Waals surface area contributed by atoms with Crippen LogP contribution in [-0.4, -0.2) is 36.2 Å². The lowest BCUT2D eigenvalue weighted by molar-refractivity contribution is 0.0754. The average molecular weight is 226 g/mol. The summed E-state index contributed by atoms with van der Waals surface area (Å²) < 4.78 is 5.37. The molecule has 82 valence electrons. The predicted octanol–water partition coefficient (Wildman–Crippen LogP) is 1.17. The van der Waals surface area contributed by atoms with Gasteiger partial charge in [0, 0.05) is 19.1 Å². The Bertz CT molecular complexity index is 364. The summed E-state index contributed by atoms with van der Waals surface area (Å²) in [6.07, 6.45) is 2.79. The molecule has 0 spiro atoms. The zero-order valence-corrected chi connectivity index (χ0v) is 9.42. The van der Waals surface area contributed by atoms with E-state index in [4.69, 9.17) is 10.2 Å². The third-order valence-corrected chi connectivity index (χ3v) is 3.13. The number of carbonyl (C=O) groups excluding carboxylic acids is 1. The number of likely N-dealkylation sites (tertiary alicyclic amines) is 1. The molecule has 1 amide bonds. The second-order valence-electron chi connectivity index (χ2n) is 3.62. The van der Waals surface area contributed by atoms with E-state index < -0.39 is 0 Å². The molecule has 1 unspecified atom stereocenters. The standard InChI is InChI=1S/C10H14N2O2S/c1-15-9-3-2-8(14-9)10(13)12-5-4-7(11)6-12/h2-3,7H,4-6,11H2,1H3. The molecule has 0 bridgehead atoms. The van der Waals surface area contributed by atoms with Crippen molar-refractivity contribution < 1.29 is 9.21 Å². The number of hydrogen-bond donors (Lipinski definition) is 1. The normalized spacial score (nSPS) is 20.9. The first-order valence-corrected chi connectivity index (χ1v) is 6.12. The van der Waals surface area contributed by atoms with Crippen molar-refractivity contribution in [1.82, 2.24) is 4.90 Å². The van der Waals surface area contributed by atoms with Gasteiger partial charge < -0.3 is 15.1 Å². The van der Waals surface area contributed by atoms with Crippen LogP contribution in [0.1, 0.15) is 17.0 Å². The SMILES string of the molecule is CSc1ccc(C(=O)N2CCC(N)C2)o1. The number of hydrogen-bond acceptors (Lipinski definition) is 4. The fraction of sp³-hybridized carbons (Fsp3) is 0.500. The van der Waals surface area contributed by atoms with Crippen LogP contribution in [0.2, 0.25) is 0 Å². The van der Waals surface area contributed by atoms with Crippen molar-refractivity contribution >= 4 is 17.7 Å². The highest BCUT2D eigenvalue weighted by molar-refractivity contribution is 7.98. The fourth-order valence-corrected chi connectivity index (χ4v) is 2.05. The molecule has 1 atom stereocenters. The van der Waals surface area contributed by atoms with Crippen molar-refractivity contribution in [1.29, 1.82) is 0 Å². The molecule has 1 aliphatic rings. The molecule has 15 heavy (non-hydrogen) atoms. The third kappa shape index (κ3) is 2.18. The molecule has 1 aliphatic heterocycles. The predicted molar refractivity (Wildman–Crippen MR) is 59.0 cm³/mol. The smallest absolute Gasteiger partial charge is 0.289 e. The highest BCUT2D eigenvalue weighted by Crippen LogP contribution is 2.20. The molecule has 2 heterocycles. The first-order chi connectivity index (χ1) is 7.20. The number of furan rings is 1. The Morgan fingerprint density at radius 2 is 2.47 bits per heavy atom. The number of rotatable bonds is 2. The van der Waals surface area contributed by atoms with Crippen LogP contribution in [0.25, 0.3) is 0 Å². The zero-order chi connectivity index (χ0) is 10.8. The Labute approximate surface area is 92.8 Å². The van der Waals surface area contributed by atoms with Gasteiger partial charge in [0.1, 0.15) is 0 Å². The second-order valence-corrected chi connectivity index (χ2v) is 4.43. The fourth-order valence-electron chi connectivity index (χ4n) is 1.67. The van der Waals surface area contributed by atoms with Gasteiger partial charge in [-0.2, -0.15) is 0 Å². The quantitative estimate of drug-likeness (QED) is 0.769. The van der Waals surface area contributed by atoms with Crippen molar-refractivity contribution in [3.8, 4) is 0 Å². The molecule has 2 rings (SSSR count). The molecule has 0 radical (unpaired) electrons. The number of nitrogens with two attached hydrogens (primary N) is 1. The van der Waals surface area contributed by atoms with Crippen molar-refractivity contribution in [3.63, 3.8) is 0 Å². The summed E-state index contributed by atoms with van der Waals surface area (Å²) in [5.41, 5.74) is 5.74. The molecule has 0 aromatic carbocycles. The van der Waals surface area contributed by atoms with Crippen LogP contribution in [0.3, 0.4) is 0 Å². The van der Waals surface area contributed by atoms with Crippen LogP contribution in [0.4, 0.5) is 0 Å². The van der Waals surface area contributed by atoms with E-state index in [0.717, 1.165) is 18.1 Å². The first kappa shape index (κ1) is 10.6. The largest absolute Gasteiger partial charge is 0.445 e. The van der Waals surface area contributed by atoms with E-state index >= 15 is 0 Å². The van der Waals surface area contributed by atoms with Gasteiger partial charge in [-0.1, -0.05) is 11.8 Å². The number of nitrogens with zero attached hydrogens (tertiary/aromatic N) is 1. The highest BCUT2D eigenvalue weighted by atomic mass is 32.2. The molecule has 4 nitrogen and oxygen atoms in total. The van der Waals surface area contributed by atoms with Gasteiger partial charge >= 0.3 is 0 Å². The lowest BCUT2D eigenvalue weighted by atomic mass is 10.3. The van der Waals surface area contributed by atoms with E-state index in [-0.39, 0.29) is 11.9 Å². The molecule has 1 aromatic heterocycles. The molecular formula is C10H14N2O2S. The van der Waals surface area contributed by atoms with Crippen molar-refractivity contribution in [2.75, 3.05) is 19.3 Å². The van der Waals surface area contributed by atoms with Crippen molar-refractivity contribution in [2.45, 2.75) is 17.6 Å². The van der Waals surface area contributed by atoms with Gasteiger partial charge in [-0.05, 0) is 24.8 Å². The van der Waals surface area contributed by atoms with E-state index in [1.165, 1.54) is 11.8 Å². The Hall–Kier alpha value is -0.940. The molecule has 0 aliphatic carbocycles. The maximum absolute atomic E-state index is 11.9. The minimum atomic E-state index is -0.0525. The Balaban J connectivity index is 2.07. The van der Waals surface area contributed by atoms with E-state index in [1.807, 2.05) is 12.3 Å². The monoisotopic (exact) mass is 226 g/mol. The zero-order valence-electron chi connectivity index (χ0n) is 8.60. The molecule has 0 saturated carbocycles. The minimum absolute atomic E-state index is 0.0525. The molecular weight excluding hydrogens is 212 g/mol. The van der Waals surface area contributed by atoms with Gasteiger partial charge in [0.05, 0.1) is 0 Å². The van der Waals surface area contributed by atoms with Gasteiger partial charge in [-0.25, -0.2) is 0 Å². The summed E-state index contributed by atoms with van der Waals surface area (Å²) in [6, 6.07) is 3.65. The van der Waals surface area contributed by atoms with E-state index in [2.05, 4.69) is 0 Å². The second kappa shape index (κ2) is 4.28. The molecule has 1 fully saturated rings. The van der Waals surface area contributed by atoms with Gasteiger partial charge in [0.15, 0.2) is 10.9 Å². The molecule has 1 aromatic rings. The van der Waals surface area contributed by atoms with Gasteiger partial charge in [-0.15, -0.1) is 0 Å². The lowest BCUT2D eigenvalue weighted by Crippen LogP contribution is -2.31. The van der Waals surface area contributed by atoms with Crippen molar-refractivity contribution in [3.05, 3.63) is 17.9 Å². The maximum atomic E-state index is 11.9. The van der Waals surface area contributed by atoms with Crippen LogP contribution >= 0.6 is 11.8 Å². The summed E-state index contributed by atoms with van der Waals surface area (Å²) >= 11 is 1.49. The van der Waals surface area contributed by atoms with Crippen LogP contribution in [0.5, 0.6) is 0 Å². The summed E-state index contributed by atoms with van der Waals surface area (Å²) in [4.78, 5) is 13.6. The van der Waals surface area contributed by atoms with E-state index in [1.54, 1.807) is 11.0 Å². The highest BCUT2D eigenvalue weighted by Gasteiger charge is 2.26. The van der Waals surface area contributed by atoms with Crippen molar-refractivity contribution in [2.24, 2.45) is 5.73 Å².